The van der Waals surface area contributed by atoms with Crippen LogP contribution in [0.4, 0.5) is 14.5 Å². The zero-order valence-corrected chi connectivity index (χ0v) is 13.9. The number of hydrogen-bond acceptors (Lipinski definition) is 4. The van der Waals surface area contributed by atoms with E-state index in [1.54, 1.807) is 24.3 Å². The highest BCUT2D eigenvalue weighted by molar-refractivity contribution is 5.96. The Morgan fingerprint density at radius 3 is 2.31 bits per heavy atom. The van der Waals surface area contributed by atoms with Gasteiger partial charge in [0.2, 0.25) is 0 Å². The highest BCUT2D eigenvalue weighted by Gasteiger charge is 2.16. The maximum Gasteiger partial charge on any atom is 0.387 e. The summed E-state index contributed by atoms with van der Waals surface area (Å²) < 4.78 is 33.4. The first-order chi connectivity index (χ1) is 12.4. The van der Waals surface area contributed by atoms with Crippen LogP contribution in [0.1, 0.15) is 12.5 Å². The van der Waals surface area contributed by atoms with Gasteiger partial charge in [-0.25, -0.2) is 4.79 Å². The maximum absolute atomic E-state index is 12.1. The Morgan fingerprint density at radius 2 is 1.69 bits per heavy atom. The molecule has 0 unspecified atom stereocenters. The molecule has 0 aliphatic heterocycles. The fraction of sp³-hybridized carbons (Fsp3) is 0.158. The number of anilines is 1. The molecule has 2 aromatic carbocycles. The number of rotatable bonds is 7. The van der Waals surface area contributed by atoms with Crippen LogP contribution >= 0.6 is 0 Å². The molecule has 1 atom stereocenters. The van der Waals surface area contributed by atoms with Gasteiger partial charge in [-0.1, -0.05) is 30.3 Å². The van der Waals surface area contributed by atoms with Crippen molar-refractivity contribution >= 4 is 23.6 Å². The third-order valence-electron chi connectivity index (χ3n) is 3.22. The first-order valence-corrected chi connectivity index (χ1v) is 7.73. The number of para-hydroxylation sites is 1. The van der Waals surface area contributed by atoms with E-state index in [4.69, 9.17) is 4.74 Å². The highest BCUT2D eigenvalue weighted by atomic mass is 19.3. The van der Waals surface area contributed by atoms with Crippen molar-refractivity contribution in [1.29, 1.82) is 0 Å². The number of ether oxygens (including phenoxy) is 2. The lowest BCUT2D eigenvalue weighted by atomic mass is 10.2. The number of hydrogen-bond donors (Lipinski definition) is 1. The summed E-state index contributed by atoms with van der Waals surface area (Å²) in [4.78, 5) is 23.7. The number of halogens is 2. The molecule has 0 saturated carbocycles. The second kappa shape index (κ2) is 9.31. The molecule has 26 heavy (non-hydrogen) atoms. The summed E-state index contributed by atoms with van der Waals surface area (Å²) in [6, 6.07) is 14.5. The van der Waals surface area contributed by atoms with Gasteiger partial charge in [-0.05, 0) is 42.8 Å². The van der Waals surface area contributed by atoms with Gasteiger partial charge >= 0.3 is 12.6 Å². The molecule has 0 aromatic heterocycles. The second-order valence-electron chi connectivity index (χ2n) is 5.22. The predicted molar refractivity (Wildman–Crippen MR) is 92.7 cm³/mol. The van der Waals surface area contributed by atoms with Gasteiger partial charge in [0.1, 0.15) is 5.75 Å². The fourth-order valence-electron chi connectivity index (χ4n) is 1.96. The van der Waals surface area contributed by atoms with Gasteiger partial charge in [0, 0.05) is 11.8 Å². The van der Waals surface area contributed by atoms with Crippen LogP contribution in [0.15, 0.2) is 60.7 Å². The summed E-state index contributed by atoms with van der Waals surface area (Å²) in [5.74, 6) is -1.13. The van der Waals surface area contributed by atoms with Crippen molar-refractivity contribution in [2.24, 2.45) is 0 Å². The van der Waals surface area contributed by atoms with Crippen LogP contribution in [0.25, 0.3) is 6.08 Å². The molecule has 2 aromatic rings. The van der Waals surface area contributed by atoms with E-state index in [1.165, 1.54) is 37.3 Å². The van der Waals surface area contributed by atoms with Crippen LogP contribution < -0.4 is 10.1 Å². The van der Waals surface area contributed by atoms with E-state index in [0.717, 1.165) is 6.08 Å². The van der Waals surface area contributed by atoms with Gasteiger partial charge in [0.25, 0.3) is 5.91 Å². The summed E-state index contributed by atoms with van der Waals surface area (Å²) in [6.07, 6.45) is 1.61. The summed E-state index contributed by atoms with van der Waals surface area (Å²) in [6.45, 7) is -1.43. The number of amides is 1. The quantitative estimate of drug-likeness (QED) is 0.601. The monoisotopic (exact) mass is 361 g/mol. The van der Waals surface area contributed by atoms with Crippen molar-refractivity contribution < 1.29 is 27.8 Å². The standard InChI is InChI=1S/C19H17F2NO4/c1-13(18(24)22-15-5-3-2-4-6-15)25-17(23)12-9-14-7-10-16(11-8-14)26-19(20)21/h2-13,19H,1H3,(H,22,24)/b12-9+/t13-/m0/s1. The molecular weight excluding hydrogens is 344 g/mol. The summed E-state index contributed by atoms with van der Waals surface area (Å²) in [7, 11) is 0. The van der Waals surface area contributed by atoms with Crippen molar-refractivity contribution in [3.63, 3.8) is 0 Å². The summed E-state index contributed by atoms with van der Waals surface area (Å²) >= 11 is 0. The number of nitrogens with one attached hydrogen (secondary N) is 1. The van der Waals surface area contributed by atoms with Crippen molar-refractivity contribution in [3.05, 3.63) is 66.2 Å². The molecule has 7 heteroatoms. The first-order valence-electron chi connectivity index (χ1n) is 7.73. The lowest BCUT2D eigenvalue weighted by molar-refractivity contribution is -0.148. The van der Waals surface area contributed by atoms with Gasteiger partial charge in [0.15, 0.2) is 6.10 Å². The van der Waals surface area contributed by atoms with E-state index in [9.17, 15) is 18.4 Å². The van der Waals surface area contributed by atoms with E-state index in [2.05, 4.69) is 10.1 Å². The van der Waals surface area contributed by atoms with E-state index >= 15 is 0 Å². The molecule has 0 aliphatic rings. The molecule has 0 heterocycles. The molecule has 0 aliphatic carbocycles. The average Bonchev–Trinajstić information content (AvgIpc) is 2.61. The normalized spacial score (nSPS) is 12.0. The van der Waals surface area contributed by atoms with Crippen molar-refractivity contribution in [2.75, 3.05) is 5.32 Å². The van der Waals surface area contributed by atoms with E-state index in [-0.39, 0.29) is 5.75 Å². The lowest BCUT2D eigenvalue weighted by Crippen LogP contribution is -2.29. The van der Waals surface area contributed by atoms with Crippen LogP contribution in [0.3, 0.4) is 0 Å². The average molecular weight is 361 g/mol. The van der Waals surface area contributed by atoms with Gasteiger partial charge in [-0.2, -0.15) is 8.78 Å². The number of benzene rings is 2. The lowest BCUT2D eigenvalue weighted by Gasteiger charge is -2.12. The number of esters is 1. The molecule has 0 saturated heterocycles. The Bertz CT molecular complexity index is 761. The molecule has 0 fully saturated rings. The van der Waals surface area contributed by atoms with Gasteiger partial charge in [-0.15, -0.1) is 0 Å². The largest absolute Gasteiger partial charge is 0.449 e. The van der Waals surface area contributed by atoms with E-state index in [1.807, 2.05) is 6.07 Å². The predicted octanol–water partition coefficient (Wildman–Crippen LogP) is 3.87. The van der Waals surface area contributed by atoms with Gasteiger partial charge in [-0.3, -0.25) is 4.79 Å². The third-order valence-corrected chi connectivity index (χ3v) is 3.22. The van der Waals surface area contributed by atoms with E-state index in [0.29, 0.717) is 11.3 Å². The van der Waals surface area contributed by atoms with Gasteiger partial charge in [0.05, 0.1) is 0 Å². The van der Waals surface area contributed by atoms with Crippen LogP contribution in [-0.4, -0.2) is 24.6 Å². The number of alkyl halides is 2. The van der Waals surface area contributed by atoms with Crippen LogP contribution in [0.2, 0.25) is 0 Å². The minimum Gasteiger partial charge on any atom is -0.449 e. The van der Waals surface area contributed by atoms with Crippen LogP contribution in [0, 0.1) is 0 Å². The molecule has 1 amide bonds. The van der Waals surface area contributed by atoms with Gasteiger partial charge < -0.3 is 14.8 Å². The molecule has 5 nitrogen and oxygen atoms in total. The fourth-order valence-corrected chi connectivity index (χ4v) is 1.96. The zero-order valence-electron chi connectivity index (χ0n) is 13.9. The molecule has 1 N–H and O–H groups in total. The molecular formula is C19H17F2NO4. The zero-order chi connectivity index (χ0) is 18.9. The summed E-state index contributed by atoms with van der Waals surface area (Å²) in [5.41, 5.74) is 1.19. The van der Waals surface area contributed by atoms with Crippen molar-refractivity contribution in [3.8, 4) is 5.75 Å². The number of carbonyl (C=O) groups excluding carboxylic acids is 2. The van der Waals surface area contributed by atoms with E-state index < -0.39 is 24.6 Å². The van der Waals surface area contributed by atoms with Crippen LogP contribution in [-0.2, 0) is 14.3 Å². The Kier molecular flexibility index (Phi) is 6.84. The summed E-state index contributed by atoms with van der Waals surface area (Å²) in [5, 5.41) is 2.63. The minimum absolute atomic E-state index is 0.0194. The first kappa shape index (κ1) is 19.1. The minimum atomic E-state index is -2.89. The molecule has 0 bridgehead atoms. The Morgan fingerprint density at radius 1 is 1.04 bits per heavy atom. The maximum atomic E-state index is 12.1. The second-order valence-corrected chi connectivity index (χ2v) is 5.22. The third kappa shape index (κ3) is 6.35. The molecule has 2 rings (SSSR count). The topological polar surface area (TPSA) is 64.6 Å². The van der Waals surface area contributed by atoms with Crippen LogP contribution in [0.5, 0.6) is 5.75 Å². The molecule has 0 radical (unpaired) electrons. The molecule has 136 valence electrons. The van der Waals surface area contributed by atoms with Crippen molar-refractivity contribution in [2.45, 2.75) is 19.6 Å². The Labute approximate surface area is 149 Å². The smallest absolute Gasteiger partial charge is 0.387 e. The number of carbonyl (C=O) groups is 2. The highest BCUT2D eigenvalue weighted by Crippen LogP contribution is 2.15. The Balaban J connectivity index is 1.85. The van der Waals surface area contributed by atoms with Crippen molar-refractivity contribution in [1.82, 2.24) is 0 Å². The molecule has 0 spiro atoms. The SMILES string of the molecule is C[C@H](OC(=O)/C=C/c1ccc(OC(F)F)cc1)C(=O)Nc1ccccc1. The Hall–Kier alpha value is -3.22.